The molecule has 4 N–H and O–H groups in total. The summed E-state index contributed by atoms with van der Waals surface area (Å²) in [6.07, 6.45) is 15.6. The second-order valence-electron chi connectivity index (χ2n) is 22.6. The molecule has 1 aliphatic carbocycles. The number of amides is 4. The van der Waals surface area contributed by atoms with Crippen LogP contribution < -0.4 is 40.9 Å². The Balaban J connectivity index is 0.000000209. The summed E-state index contributed by atoms with van der Waals surface area (Å²) in [6.45, 7) is 16.0. The van der Waals surface area contributed by atoms with Gasteiger partial charge in [-0.05, 0) is 146 Å². The number of anilines is 4. The van der Waals surface area contributed by atoms with Crippen molar-refractivity contribution < 1.29 is 9.59 Å². The lowest BCUT2D eigenvalue weighted by Gasteiger charge is -2.38. The SMILES string of the molecule is CCCNC(=O)N(Cc1cncn1Cc1ccc(C#N)cc1)c1ccc(N2CCN(C(=S)NCC3CCCCC3)CC2)cc1.CCCNC(=O)N(Cc1cncn1Cc1ccc(C#N)cc1)c1ccc(N2CCN(C(=S)NCc3ccccc3)CC2)cc1. The standard InChI is InChI=1S/C34H44N8OS.C34H38N8OS/c2*1-2-16-37-33(43)42(25-32-23-36-26-41(32)24-29-10-8-27(21-35)9-11-29)31-14-12-30(13-15-31)39-17-19-40(20-18-39)34(44)38-22-28-6-4-3-5-7-28/h8-15,23,26,28H,2-7,16-20,22,24-25H2,1H3,(H,37,43)(H,38,44);3-15,23,26H,2,16-20,22,24-25H2,1H3,(H,37,43)(H,38,44). The highest BCUT2D eigenvalue weighted by Crippen LogP contribution is 2.27. The predicted octanol–water partition coefficient (Wildman–Crippen LogP) is 10.6. The maximum atomic E-state index is 13.3. The average Bonchev–Trinajstić information content (AvgIpc) is 4.14. The molecule has 2 aliphatic heterocycles. The van der Waals surface area contributed by atoms with Gasteiger partial charge in [-0.1, -0.05) is 87.7 Å². The molecule has 7 aromatic rings. The fourth-order valence-electron chi connectivity index (χ4n) is 11.2. The van der Waals surface area contributed by atoms with Crippen molar-refractivity contribution in [2.45, 2.75) is 91.5 Å². The molecule has 0 radical (unpaired) electrons. The fourth-order valence-corrected chi connectivity index (χ4v) is 11.7. The van der Waals surface area contributed by atoms with Crippen LogP contribution in [0.5, 0.6) is 0 Å². The number of imidazole rings is 2. The fraction of sp³-hybridized carbons (Fsp3) is 0.382. The van der Waals surface area contributed by atoms with Crippen molar-refractivity contribution in [2.75, 3.05) is 91.6 Å². The van der Waals surface area contributed by atoms with Crippen LogP contribution in [0.3, 0.4) is 0 Å². The van der Waals surface area contributed by atoms with E-state index in [1.807, 2.05) is 120 Å². The van der Waals surface area contributed by atoms with Gasteiger partial charge >= 0.3 is 12.1 Å². The van der Waals surface area contributed by atoms with Gasteiger partial charge in [0, 0.05) is 127 Å². The summed E-state index contributed by atoms with van der Waals surface area (Å²) in [5.74, 6) is 0.758. The van der Waals surface area contributed by atoms with Crippen molar-refractivity contribution in [3.63, 3.8) is 0 Å². The molecule has 4 amide bonds. The number of nitrogens with one attached hydrogen (secondary N) is 4. The van der Waals surface area contributed by atoms with Crippen molar-refractivity contribution in [1.82, 2.24) is 50.2 Å². The number of rotatable bonds is 20. The van der Waals surface area contributed by atoms with Crippen molar-refractivity contribution in [1.29, 1.82) is 10.5 Å². The third-order valence-corrected chi connectivity index (χ3v) is 17.2. The highest BCUT2D eigenvalue weighted by molar-refractivity contribution is 7.80. The van der Waals surface area contributed by atoms with Crippen LogP contribution in [-0.2, 0) is 32.7 Å². The predicted molar refractivity (Wildman–Crippen MR) is 358 cm³/mol. The summed E-state index contributed by atoms with van der Waals surface area (Å²) in [6, 6.07) is 45.9. The monoisotopic (exact) mass is 1220 g/mol. The Morgan fingerprint density at radius 1 is 0.534 bits per heavy atom. The maximum absolute atomic E-state index is 13.3. The average molecular weight is 1220 g/mol. The Labute approximate surface area is 529 Å². The lowest BCUT2D eigenvalue weighted by atomic mass is 9.89. The van der Waals surface area contributed by atoms with Gasteiger partial charge < -0.3 is 50.0 Å². The number of urea groups is 2. The molecular weight excluding hydrogens is 1140 g/mol. The van der Waals surface area contributed by atoms with Crippen molar-refractivity contribution in [3.05, 3.63) is 192 Å². The quantitative estimate of drug-likeness (QED) is 0.0529. The first kappa shape index (κ1) is 63.5. The molecule has 3 fully saturated rings. The summed E-state index contributed by atoms with van der Waals surface area (Å²) in [4.78, 5) is 48.2. The van der Waals surface area contributed by atoms with E-state index >= 15 is 0 Å². The lowest BCUT2D eigenvalue weighted by Crippen LogP contribution is -2.52. The zero-order chi connectivity index (χ0) is 61.5. The molecular formula is C68H82N16O2S2. The van der Waals surface area contributed by atoms with E-state index in [4.69, 9.17) is 35.0 Å². The van der Waals surface area contributed by atoms with E-state index < -0.39 is 0 Å². The number of benzene rings is 5. The molecule has 1 saturated carbocycles. The number of thiocarbonyl (C=S) groups is 2. The Morgan fingerprint density at radius 3 is 1.39 bits per heavy atom. The van der Waals surface area contributed by atoms with Crippen LogP contribution >= 0.6 is 24.4 Å². The molecule has 0 bridgehead atoms. The number of nitrogens with zero attached hydrogens (tertiary/aromatic N) is 12. The minimum absolute atomic E-state index is 0.131. The topological polar surface area (TPSA) is 185 Å². The van der Waals surface area contributed by atoms with E-state index in [9.17, 15) is 9.59 Å². The zero-order valence-corrected chi connectivity index (χ0v) is 52.4. The first-order chi connectivity index (χ1) is 43.1. The third-order valence-electron chi connectivity index (χ3n) is 16.4. The Morgan fingerprint density at radius 2 is 0.966 bits per heavy atom. The molecule has 10 rings (SSSR count). The van der Waals surface area contributed by atoms with Crippen LogP contribution in [0, 0.1) is 28.6 Å². The minimum Gasteiger partial charge on any atom is -0.368 e. The Kier molecular flexibility index (Phi) is 23.6. The molecule has 4 heterocycles. The second-order valence-corrected chi connectivity index (χ2v) is 23.4. The largest absolute Gasteiger partial charge is 0.368 e. The summed E-state index contributed by atoms with van der Waals surface area (Å²) in [5, 5.41) is 32.9. The first-order valence-electron chi connectivity index (χ1n) is 30.9. The number of carbonyl (C=O) groups is 2. The van der Waals surface area contributed by atoms with Crippen LogP contribution in [-0.4, -0.2) is 123 Å². The second kappa shape index (κ2) is 32.7. The first-order valence-corrected chi connectivity index (χ1v) is 31.8. The van der Waals surface area contributed by atoms with Crippen LogP contribution in [0.4, 0.5) is 32.3 Å². The van der Waals surface area contributed by atoms with Crippen molar-refractivity contribution in [3.8, 4) is 12.1 Å². The van der Waals surface area contributed by atoms with E-state index in [0.717, 1.165) is 140 Å². The van der Waals surface area contributed by atoms with Gasteiger partial charge in [-0.25, -0.2) is 19.6 Å². The van der Waals surface area contributed by atoms with Gasteiger partial charge in [0.2, 0.25) is 0 Å². The molecule has 0 atom stereocenters. The molecule has 18 nitrogen and oxygen atoms in total. The lowest BCUT2D eigenvalue weighted by molar-refractivity contribution is 0.245. The maximum Gasteiger partial charge on any atom is 0.322 e. The number of carbonyl (C=O) groups excluding carboxylic acids is 2. The highest BCUT2D eigenvalue weighted by Gasteiger charge is 2.25. The van der Waals surface area contributed by atoms with Crippen LogP contribution in [0.1, 0.15) is 98.0 Å². The molecule has 3 aliphatic rings. The van der Waals surface area contributed by atoms with Gasteiger partial charge in [0.25, 0.3) is 0 Å². The zero-order valence-electron chi connectivity index (χ0n) is 50.8. The summed E-state index contributed by atoms with van der Waals surface area (Å²) < 4.78 is 4.08. The molecule has 458 valence electrons. The number of piperazine rings is 2. The number of nitriles is 2. The van der Waals surface area contributed by atoms with E-state index in [-0.39, 0.29) is 12.1 Å². The van der Waals surface area contributed by atoms with Crippen LogP contribution in [0.2, 0.25) is 0 Å². The van der Waals surface area contributed by atoms with Gasteiger partial charge in [0.05, 0.1) is 60.4 Å². The van der Waals surface area contributed by atoms with Crippen molar-refractivity contribution in [2.24, 2.45) is 5.92 Å². The van der Waals surface area contributed by atoms with Gasteiger partial charge in [-0.2, -0.15) is 10.5 Å². The van der Waals surface area contributed by atoms with Crippen LogP contribution in [0.15, 0.2) is 152 Å². The minimum atomic E-state index is -0.143. The van der Waals surface area contributed by atoms with Gasteiger partial charge in [-0.3, -0.25) is 9.80 Å². The summed E-state index contributed by atoms with van der Waals surface area (Å²) >= 11 is 11.4. The molecule has 2 saturated heterocycles. The van der Waals surface area contributed by atoms with E-state index in [0.29, 0.717) is 50.4 Å². The molecule has 88 heavy (non-hydrogen) atoms. The Hall–Kier alpha value is -8.98. The number of hydrogen-bond donors (Lipinski definition) is 4. The molecule has 2 aromatic heterocycles. The van der Waals surface area contributed by atoms with Gasteiger partial charge in [-0.15, -0.1) is 0 Å². The molecule has 20 heteroatoms. The van der Waals surface area contributed by atoms with Gasteiger partial charge in [0.1, 0.15) is 0 Å². The third kappa shape index (κ3) is 18.1. The van der Waals surface area contributed by atoms with E-state index in [2.05, 4.69) is 99.4 Å². The van der Waals surface area contributed by atoms with Gasteiger partial charge in [0.15, 0.2) is 10.2 Å². The number of aromatic nitrogens is 4. The molecule has 0 spiro atoms. The van der Waals surface area contributed by atoms with E-state index in [1.54, 1.807) is 28.7 Å². The van der Waals surface area contributed by atoms with Crippen molar-refractivity contribution >= 4 is 69.5 Å². The highest BCUT2D eigenvalue weighted by atomic mass is 32.1. The summed E-state index contributed by atoms with van der Waals surface area (Å²) in [7, 11) is 0. The van der Waals surface area contributed by atoms with E-state index in [1.165, 1.54) is 37.7 Å². The number of hydrogen-bond acceptors (Lipinski definition) is 10. The molecule has 5 aromatic carbocycles. The normalized spacial score (nSPS) is 14.1. The molecule has 0 unspecified atom stereocenters. The van der Waals surface area contributed by atoms with Crippen LogP contribution in [0.25, 0.3) is 0 Å². The summed E-state index contributed by atoms with van der Waals surface area (Å²) in [5.41, 5.74) is 10.4. The Bertz CT molecular complexity index is 3410. The smallest absolute Gasteiger partial charge is 0.322 e.